The molecular formula is C13H24N2O2S. The molecule has 1 rings (SSSR count). The van der Waals surface area contributed by atoms with Gasteiger partial charge in [-0.05, 0) is 25.5 Å². The Morgan fingerprint density at radius 2 is 2.06 bits per heavy atom. The summed E-state index contributed by atoms with van der Waals surface area (Å²) in [6.07, 6.45) is 3.17. The van der Waals surface area contributed by atoms with E-state index in [1.807, 2.05) is 11.2 Å². The quantitative estimate of drug-likeness (QED) is 0.825. The lowest BCUT2D eigenvalue weighted by atomic mass is 10.0. The van der Waals surface area contributed by atoms with Crippen LogP contribution in [0.3, 0.4) is 0 Å². The summed E-state index contributed by atoms with van der Waals surface area (Å²) in [5, 5.41) is 2.85. The molecule has 1 aliphatic rings. The lowest BCUT2D eigenvalue weighted by Crippen LogP contribution is -2.48. The summed E-state index contributed by atoms with van der Waals surface area (Å²) in [7, 11) is 0. The molecule has 0 saturated carbocycles. The first kappa shape index (κ1) is 15.3. The molecule has 0 bridgehead atoms. The van der Waals surface area contributed by atoms with Crippen molar-refractivity contribution in [3.05, 3.63) is 0 Å². The fraction of sp³-hybridized carbons (Fsp3) is 0.846. The summed E-state index contributed by atoms with van der Waals surface area (Å²) in [5.74, 6) is 1.38. The third-order valence-corrected chi connectivity index (χ3v) is 3.96. The Morgan fingerprint density at radius 3 is 2.61 bits per heavy atom. The van der Waals surface area contributed by atoms with Gasteiger partial charge in [-0.1, -0.05) is 13.8 Å². The predicted molar refractivity (Wildman–Crippen MR) is 75.6 cm³/mol. The molecule has 2 atom stereocenters. The van der Waals surface area contributed by atoms with Gasteiger partial charge in [-0.2, -0.15) is 11.8 Å². The van der Waals surface area contributed by atoms with Crippen LogP contribution < -0.4 is 5.32 Å². The minimum Gasteiger partial charge on any atom is -0.344 e. The average Bonchev–Trinajstić information content (AvgIpc) is 2.39. The van der Waals surface area contributed by atoms with Crippen LogP contribution >= 0.6 is 11.8 Å². The summed E-state index contributed by atoms with van der Waals surface area (Å²) >= 11 is 1.73. The van der Waals surface area contributed by atoms with Gasteiger partial charge in [-0.15, -0.1) is 0 Å². The highest BCUT2D eigenvalue weighted by Crippen LogP contribution is 2.15. The third-order valence-electron chi connectivity index (χ3n) is 3.14. The molecule has 104 valence electrons. The summed E-state index contributed by atoms with van der Waals surface area (Å²) in [6.45, 7) is 6.73. The van der Waals surface area contributed by atoms with Crippen molar-refractivity contribution in [2.75, 3.05) is 18.6 Å². The highest BCUT2D eigenvalue weighted by Gasteiger charge is 2.32. The van der Waals surface area contributed by atoms with Gasteiger partial charge in [-0.25, -0.2) is 0 Å². The fourth-order valence-corrected chi connectivity index (χ4v) is 2.92. The summed E-state index contributed by atoms with van der Waals surface area (Å²) < 4.78 is 0. The van der Waals surface area contributed by atoms with E-state index in [4.69, 9.17) is 0 Å². The highest BCUT2D eigenvalue weighted by atomic mass is 32.2. The lowest BCUT2D eigenvalue weighted by molar-refractivity contribution is -0.135. The maximum absolute atomic E-state index is 12.4. The van der Waals surface area contributed by atoms with Gasteiger partial charge in [-0.3, -0.25) is 9.59 Å². The second-order valence-electron chi connectivity index (χ2n) is 5.34. The zero-order chi connectivity index (χ0) is 13.7. The SMILES string of the molecule is CSCC(C)N1CCC(=O)NC(CC(C)C)C1=O. The number of rotatable bonds is 5. The van der Waals surface area contributed by atoms with Crippen LogP contribution in [0.4, 0.5) is 0 Å². The largest absolute Gasteiger partial charge is 0.344 e. The van der Waals surface area contributed by atoms with E-state index in [2.05, 4.69) is 26.1 Å². The van der Waals surface area contributed by atoms with Gasteiger partial charge in [0.1, 0.15) is 6.04 Å². The van der Waals surface area contributed by atoms with Crippen molar-refractivity contribution in [1.82, 2.24) is 10.2 Å². The molecule has 2 amide bonds. The first-order valence-electron chi connectivity index (χ1n) is 6.54. The molecule has 0 radical (unpaired) electrons. The summed E-state index contributed by atoms with van der Waals surface area (Å²) in [5.41, 5.74) is 0. The van der Waals surface area contributed by atoms with Crippen LogP contribution in [0.2, 0.25) is 0 Å². The molecule has 1 heterocycles. The van der Waals surface area contributed by atoms with E-state index in [0.29, 0.717) is 25.3 Å². The Bertz CT molecular complexity index is 307. The Balaban J connectivity index is 2.78. The van der Waals surface area contributed by atoms with Crippen LogP contribution in [0.5, 0.6) is 0 Å². The smallest absolute Gasteiger partial charge is 0.245 e. The number of nitrogens with one attached hydrogen (secondary N) is 1. The molecule has 1 fully saturated rings. The van der Waals surface area contributed by atoms with Gasteiger partial charge in [0.05, 0.1) is 0 Å². The molecule has 0 spiro atoms. The molecule has 4 nitrogen and oxygen atoms in total. The van der Waals surface area contributed by atoms with Crippen molar-refractivity contribution in [2.24, 2.45) is 5.92 Å². The normalized spacial score (nSPS) is 22.9. The molecule has 18 heavy (non-hydrogen) atoms. The Hall–Kier alpha value is -0.710. The Morgan fingerprint density at radius 1 is 1.39 bits per heavy atom. The first-order chi connectivity index (χ1) is 8.45. The van der Waals surface area contributed by atoms with Crippen molar-refractivity contribution in [2.45, 2.75) is 45.7 Å². The Labute approximate surface area is 114 Å². The number of hydrogen-bond donors (Lipinski definition) is 1. The van der Waals surface area contributed by atoms with Gasteiger partial charge in [0, 0.05) is 24.8 Å². The van der Waals surface area contributed by atoms with Gasteiger partial charge >= 0.3 is 0 Å². The van der Waals surface area contributed by atoms with Gasteiger partial charge in [0.25, 0.3) is 0 Å². The number of thioether (sulfide) groups is 1. The monoisotopic (exact) mass is 272 g/mol. The van der Waals surface area contributed by atoms with Crippen molar-refractivity contribution >= 4 is 23.6 Å². The zero-order valence-electron chi connectivity index (χ0n) is 11.7. The first-order valence-corrected chi connectivity index (χ1v) is 7.93. The maximum atomic E-state index is 12.4. The Kier molecular flexibility index (Phi) is 5.99. The lowest BCUT2D eigenvalue weighted by Gasteiger charge is -2.30. The molecule has 5 heteroatoms. The van der Waals surface area contributed by atoms with Gasteiger partial charge in [0.2, 0.25) is 11.8 Å². The van der Waals surface area contributed by atoms with E-state index in [1.165, 1.54) is 0 Å². The topological polar surface area (TPSA) is 49.4 Å². The van der Waals surface area contributed by atoms with Crippen molar-refractivity contribution in [3.63, 3.8) is 0 Å². The van der Waals surface area contributed by atoms with Crippen molar-refractivity contribution < 1.29 is 9.59 Å². The summed E-state index contributed by atoms with van der Waals surface area (Å²) in [4.78, 5) is 26.0. The van der Waals surface area contributed by atoms with Crippen LogP contribution in [-0.4, -0.2) is 47.4 Å². The third kappa shape index (κ3) is 4.19. The minimum atomic E-state index is -0.343. The predicted octanol–water partition coefficient (Wildman–Crippen LogP) is 1.50. The zero-order valence-corrected chi connectivity index (χ0v) is 12.5. The number of carbonyl (C=O) groups excluding carboxylic acids is 2. The molecule has 1 aliphatic heterocycles. The molecule has 0 aliphatic carbocycles. The van der Waals surface area contributed by atoms with Crippen LogP contribution in [0.1, 0.15) is 33.6 Å². The van der Waals surface area contributed by atoms with E-state index in [1.54, 1.807) is 11.8 Å². The van der Waals surface area contributed by atoms with E-state index < -0.39 is 0 Å². The van der Waals surface area contributed by atoms with Crippen LogP contribution in [-0.2, 0) is 9.59 Å². The van der Waals surface area contributed by atoms with Gasteiger partial charge < -0.3 is 10.2 Å². The average molecular weight is 272 g/mol. The number of carbonyl (C=O) groups is 2. The maximum Gasteiger partial charge on any atom is 0.245 e. The van der Waals surface area contributed by atoms with E-state index >= 15 is 0 Å². The minimum absolute atomic E-state index is 0.00662. The molecule has 0 aromatic carbocycles. The number of hydrogen-bond acceptors (Lipinski definition) is 3. The molecule has 2 unspecified atom stereocenters. The fourth-order valence-electron chi connectivity index (χ4n) is 2.26. The second-order valence-corrected chi connectivity index (χ2v) is 6.25. The van der Waals surface area contributed by atoms with Crippen molar-refractivity contribution in [3.8, 4) is 0 Å². The van der Waals surface area contributed by atoms with Crippen LogP contribution in [0, 0.1) is 5.92 Å². The van der Waals surface area contributed by atoms with Gasteiger partial charge in [0.15, 0.2) is 0 Å². The van der Waals surface area contributed by atoms with Crippen molar-refractivity contribution in [1.29, 1.82) is 0 Å². The number of amides is 2. The number of nitrogens with zero attached hydrogens (tertiary/aromatic N) is 1. The standard InChI is InChI=1S/C13H24N2O2S/c1-9(2)7-11-13(17)15(10(3)8-18-4)6-5-12(16)14-11/h9-11H,5-8H2,1-4H3,(H,14,16). The van der Waals surface area contributed by atoms with E-state index in [9.17, 15) is 9.59 Å². The molecular weight excluding hydrogens is 248 g/mol. The molecule has 1 N–H and O–H groups in total. The highest BCUT2D eigenvalue weighted by molar-refractivity contribution is 7.98. The molecule has 1 saturated heterocycles. The van der Waals surface area contributed by atoms with Crippen LogP contribution in [0.15, 0.2) is 0 Å². The van der Waals surface area contributed by atoms with E-state index in [0.717, 1.165) is 5.75 Å². The molecule has 0 aromatic heterocycles. The van der Waals surface area contributed by atoms with E-state index in [-0.39, 0.29) is 23.9 Å². The molecule has 0 aromatic rings. The van der Waals surface area contributed by atoms with Crippen LogP contribution in [0.25, 0.3) is 0 Å². The summed E-state index contributed by atoms with van der Waals surface area (Å²) in [6, 6.07) is -0.154. The second kappa shape index (κ2) is 7.02.